The van der Waals surface area contributed by atoms with Gasteiger partial charge in [-0.3, -0.25) is 9.59 Å². The summed E-state index contributed by atoms with van der Waals surface area (Å²) < 4.78 is 5.82. The number of aromatic nitrogens is 2. The Morgan fingerprint density at radius 2 is 1.71 bits per heavy atom. The Bertz CT molecular complexity index is 1320. The molecule has 3 aromatic carbocycles. The highest BCUT2D eigenvalue weighted by Gasteiger charge is 2.32. The van der Waals surface area contributed by atoms with Gasteiger partial charge < -0.3 is 14.6 Å². The number of likely N-dealkylation sites (tertiary alicyclic amines) is 1. The summed E-state index contributed by atoms with van der Waals surface area (Å²) >= 11 is 0. The van der Waals surface area contributed by atoms with E-state index in [4.69, 9.17) is 4.42 Å². The molecule has 0 aliphatic carbocycles. The Morgan fingerprint density at radius 3 is 2.44 bits per heavy atom. The molecule has 1 N–H and O–H groups in total. The van der Waals surface area contributed by atoms with E-state index in [1.54, 1.807) is 29.2 Å². The van der Waals surface area contributed by atoms with Crippen LogP contribution in [-0.2, 0) is 11.3 Å². The van der Waals surface area contributed by atoms with Crippen molar-refractivity contribution >= 4 is 11.8 Å². The molecule has 0 spiro atoms. The standard InChI is InChI=1S/C27H24N4O3/c1-18-6-5-9-22(16-18)26-30-29-25(34-26)21-12-10-20(11-13-21)24(32)28-23-14-15-31(27(23)33)17-19-7-3-2-4-8-19/h2-13,16,23H,14-15,17H2,1H3,(H,28,32)/t23-/m1/s1. The fourth-order valence-corrected chi connectivity index (χ4v) is 4.07. The minimum absolute atomic E-state index is 0.0524. The van der Waals surface area contributed by atoms with Gasteiger partial charge in [0.1, 0.15) is 6.04 Å². The molecule has 7 heteroatoms. The number of carbonyl (C=O) groups excluding carboxylic acids is 2. The van der Waals surface area contributed by atoms with Crippen LogP contribution in [0.4, 0.5) is 0 Å². The molecule has 2 amide bonds. The molecular formula is C27H24N4O3. The number of hydrogen-bond donors (Lipinski definition) is 1. The van der Waals surface area contributed by atoms with Crippen LogP contribution in [0, 0.1) is 6.92 Å². The molecule has 34 heavy (non-hydrogen) atoms. The van der Waals surface area contributed by atoms with Crippen LogP contribution in [0.5, 0.6) is 0 Å². The van der Waals surface area contributed by atoms with Crippen molar-refractivity contribution in [1.82, 2.24) is 20.4 Å². The number of carbonyl (C=O) groups is 2. The number of rotatable bonds is 6. The summed E-state index contributed by atoms with van der Waals surface area (Å²) in [4.78, 5) is 27.3. The second-order valence-corrected chi connectivity index (χ2v) is 8.42. The van der Waals surface area contributed by atoms with Crippen LogP contribution in [-0.4, -0.2) is 39.5 Å². The lowest BCUT2D eigenvalue weighted by molar-refractivity contribution is -0.129. The summed E-state index contributed by atoms with van der Waals surface area (Å²) in [7, 11) is 0. The first-order valence-corrected chi connectivity index (χ1v) is 11.2. The van der Waals surface area contributed by atoms with Crippen LogP contribution in [0.2, 0.25) is 0 Å². The molecule has 2 heterocycles. The number of hydrogen-bond acceptors (Lipinski definition) is 5. The number of nitrogens with zero attached hydrogens (tertiary/aromatic N) is 3. The third-order valence-electron chi connectivity index (χ3n) is 5.90. The predicted molar refractivity (Wildman–Crippen MR) is 128 cm³/mol. The number of amides is 2. The first kappa shape index (κ1) is 21.6. The first-order chi connectivity index (χ1) is 16.6. The van der Waals surface area contributed by atoms with Crippen molar-refractivity contribution < 1.29 is 14.0 Å². The molecule has 0 radical (unpaired) electrons. The Labute approximate surface area is 197 Å². The minimum Gasteiger partial charge on any atom is -0.416 e. The van der Waals surface area contributed by atoms with Crippen LogP contribution in [0.3, 0.4) is 0 Å². The zero-order valence-electron chi connectivity index (χ0n) is 18.8. The van der Waals surface area contributed by atoms with Gasteiger partial charge in [0, 0.05) is 29.8 Å². The maximum absolute atomic E-state index is 12.7. The van der Waals surface area contributed by atoms with Crippen molar-refractivity contribution in [3.63, 3.8) is 0 Å². The lowest BCUT2D eigenvalue weighted by atomic mass is 10.1. The summed E-state index contributed by atoms with van der Waals surface area (Å²) in [5.74, 6) is 0.493. The van der Waals surface area contributed by atoms with Gasteiger partial charge in [-0.2, -0.15) is 0 Å². The van der Waals surface area contributed by atoms with Gasteiger partial charge in [0.25, 0.3) is 5.91 Å². The van der Waals surface area contributed by atoms with E-state index in [1.807, 2.05) is 61.5 Å². The second kappa shape index (κ2) is 9.31. The van der Waals surface area contributed by atoms with Crippen molar-refractivity contribution in [2.24, 2.45) is 0 Å². The molecule has 5 rings (SSSR count). The van der Waals surface area contributed by atoms with E-state index >= 15 is 0 Å². The van der Waals surface area contributed by atoms with E-state index < -0.39 is 6.04 Å². The zero-order valence-corrected chi connectivity index (χ0v) is 18.8. The molecule has 1 aliphatic heterocycles. The zero-order chi connectivity index (χ0) is 23.5. The monoisotopic (exact) mass is 452 g/mol. The lowest BCUT2D eigenvalue weighted by Crippen LogP contribution is -2.41. The van der Waals surface area contributed by atoms with Crippen molar-refractivity contribution in [2.45, 2.75) is 25.9 Å². The Kier molecular flexibility index (Phi) is 5.91. The van der Waals surface area contributed by atoms with Crippen molar-refractivity contribution in [2.75, 3.05) is 6.54 Å². The molecule has 170 valence electrons. The molecule has 1 atom stereocenters. The summed E-state index contributed by atoms with van der Waals surface area (Å²) in [5, 5.41) is 11.1. The molecular weight excluding hydrogens is 428 g/mol. The number of aryl methyl sites for hydroxylation is 1. The van der Waals surface area contributed by atoms with E-state index in [2.05, 4.69) is 15.5 Å². The fraction of sp³-hybridized carbons (Fsp3) is 0.185. The summed E-state index contributed by atoms with van der Waals surface area (Å²) in [5.41, 5.74) is 4.23. The maximum atomic E-state index is 12.7. The van der Waals surface area contributed by atoms with Gasteiger partial charge in [0.15, 0.2) is 0 Å². The van der Waals surface area contributed by atoms with Gasteiger partial charge in [-0.1, -0.05) is 48.0 Å². The van der Waals surface area contributed by atoms with Crippen LogP contribution in [0.25, 0.3) is 22.9 Å². The summed E-state index contributed by atoms with van der Waals surface area (Å²) in [6.07, 6.45) is 0.596. The van der Waals surface area contributed by atoms with Crippen LogP contribution in [0.15, 0.2) is 83.3 Å². The van der Waals surface area contributed by atoms with Crippen molar-refractivity contribution in [3.05, 3.63) is 95.6 Å². The van der Waals surface area contributed by atoms with Crippen LogP contribution in [0.1, 0.15) is 27.9 Å². The molecule has 1 saturated heterocycles. The van der Waals surface area contributed by atoms with Gasteiger partial charge >= 0.3 is 0 Å². The smallest absolute Gasteiger partial charge is 0.251 e. The molecule has 1 fully saturated rings. The summed E-state index contributed by atoms with van der Waals surface area (Å²) in [6.45, 7) is 3.18. The lowest BCUT2D eigenvalue weighted by Gasteiger charge is -2.17. The average Bonchev–Trinajstić information content (AvgIpc) is 3.48. The quantitative estimate of drug-likeness (QED) is 0.473. The average molecular weight is 453 g/mol. The van der Waals surface area contributed by atoms with Crippen LogP contribution < -0.4 is 5.32 Å². The van der Waals surface area contributed by atoms with Crippen LogP contribution >= 0.6 is 0 Å². The Morgan fingerprint density at radius 1 is 0.971 bits per heavy atom. The van der Waals surface area contributed by atoms with Crippen molar-refractivity contribution in [3.8, 4) is 22.9 Å². The molecule has 0 bridgehead atoms. The highest BCUT2D eigenvalue weighted by Crippen LogP contribution is 2.25. The topological polar surface area (TPSA) is 88.3 Å². The Balaban J connectivity index is 1.22. The number of nitrogens with one attached hydrogen (secondary N) is 1. The SMILES string of the molecule is Cc1cccc(-c2nnc(-c3ccc(C(=O)N[C@@H]4CCN(Cc5ccccc5)C4=O)cc3)o2)c1. The predicted octanol–water partition coefficient (Wildman–Crippen LogP) is 4.24. The normalized spacial score (nSPS) is 15.5. The third kappa shape index (κ3) is 4.59. The Hall–Kier alpha value is -4.26. The van der Waals surface area contributed by atoms with Crippen molar-refractivity contribution in [1.29, 1.82) is 0 Å². The van der Waals surface area contributed by atoms with Gasteiger partial charge in [-0.05, 0) is 55.3 Å². The molecule has 1 aromatic heterocycles. The molecule has 7 nitrogen and oxygen atoms in total. The minimum atomic E-state index is -0.510. The van der Waals surface area contributed by atoms with Gasteiger partial charge in [0.2, 0.25) is 17.7 Å². The first-order valence-electron chi connectivity index (χ1n) is 11.2. The highest BCUT2D eigenvalue weighted by molar-refractivity contribution is 5.98. The molecule has 0 saturated carbocycles. The maximum Gasteiger partial charge on any atom is 0.251 e. The third-order valence-corrected chi connectivity index (χ3v) is 5.90. The molecule has 0 unspecified atom stereocenters. The molecule has 1 aliphatic rings. The second-order valence-electron chi connectivity index (χ2n) is 8.42. The van der Waals surface area contributed by atoms with E-state index in [9.17, 15) is 9.59 Å². The summed E-state index contributed by atoms with van der Waals surface area (Å²) in [6, 6.07) is 24.1. The van der Waals surface area contributed by atoms with E-state index in [1.165, 1.54) is 0 Å². The van der Waals surface area contributed by atoms with Gasteiger partial charge in [0.05, 0.1) is 0 Å². The van der Waals surface area contributed by atoms with E-state index in [0.29, 0.717) is 42.4 Å². The van der Waals surface area contributed by atoms with E-state index in [0.717, 1.165) is 16.7 Å². The fourth-order valence-electron chi connectivity index (χ4n) is 4.07. The van der Waals surface area contributed by atoms with Gasteiger partial charge in [-0.15, -0.1) is 10.2 Å². The number of benzene rings is 3. The largest absolute Gasteiger partial charge is 0.416 e. The van der Waals surface area contributed by atoms with E-state index in [-0.39, 0.29) is 11.8 Å². The highest BCUT2D eigenvalue weighted by atomic mass is 16.4. The molecule has 4 aromatic rings. The van der Waals surface area contributed by atoms with Gasteiger partial charge in [-0.25, -0.2) is 0 Å².